The standard InChI is InChI=1S/C20H20O3/c21-13-18-11-12-19(22-14-16-7-3-1-4-8-16)20(18)23-15-17-9-5-2-6-10-17/h1-11,13,19-20H,12,14-15H2. The highest BCUT2D eigenvalue weighted by atomic mass is 16.5. The van der Waals surface area contributed by atoms with Crippen molar-refractivity contribution >= 4 is 6.29 Å². The second-order valence-corrected chi connectivity index (χ2v) is 5.61. The summed E-state index contributed by atoms with van der Waals surface area (Å²) in [5.74, 6) is 0. The molecule has 0 aromatic heterocycles. The topological polar surface area (TPSA) is 35.5 Å². The second-order valence-electron chi connectivity index (χ2n) is 5.61. The Labute approximate surface area is 136 Å². The highest BCUT2D eigenvalue weighted by Crippen LogP contribution is 2.26. The smallest absolute Gasteiger partial charge is 0.148 e. The van der Waals surface area contributed by atoms with Gasteiger partial charge in [0, 0.05) is 5.57 Å². The lowest BCUT2D eigenvalue weighted by molar-refractivity contribution is -0.108. The summed E-state index contributed by atoms with van der Waals surface area (Å²) in [6, 6.07) is 20.0. The van der Waals surface area contributed by atoms with E-state index in [2.05, 4.69) is 0 Å². The average molecular weight is 308 g/mol. The summed E-state index contributed by atoms with van der Waals surface area (Å²) in [6.07, 6.45) is 3.09. The van der Waals surface area contributed by atoms with Gasteiger partial charge in [-0.25, -0.2) is 0 Å². The second kappa shape index (κ2) is 7.86. The zero-order valence-electron chi connectivity index (χ0n) is 12.9. The number of benzene rings is 2. The van der Waals surface area contributed by atoms with E-state index in [9.17, 15) is 4.79 Å². The van der Waals surface area contributed by atoms with Gasteiger partial charge in [0.2, 0.25) is 0 Å². The number of rotatable bonds is 7. The zero-order chi connectivity index (χ0) is 15.9. The van der Waals surface area contributed by atoms with Crippen LogP contribution in [0.2, 0.25) is 0 Å². The monoisotopic (exact) mass is 308 g/mol. The Bertz CT molecular complexity index is 649. The maximum Gasteiger partial charge on any atom is 0.148 e. The lowest BCUT2D eigenvalue weighted by atomic mass is 10.1. The van der Waals surface area contributed by atoms with Gasteiger partial charge in [0.1, 0.15) is 12.4 Å². The van der Waals surface area contributed by atoms with Gasteiger partial charge >= 0.3 is 0 Å². The molecule has 3 heteroatoms. The molecule has 2 aromatic carbocycles. The molecule has 0 spiro atoms. The Morgan fingerprint density at radius 2 is 1.43 bits per heavy atom. The van der Waals surface area contributed by atoms with Crippen molar-refractivity contribution in [2.24, 2.45) is 0 Å². The molecule has 2 atom stereocenters. The van der Waals surface area contributed by atoms with E-state index < -0.39 is 0 Å². The molecule has 3 rings (SSSR count). The first-order valence-corrected chi connectivity index (χ1v) is 7.83. The minimum Gasteiger partial charge on any atom is -0.370 e. The summed E-state index contributed by atoms with van der Waals surface area (Å²) < 4.78 is 12.0. The number of carbonyl (C=O) groups excluding carboxylic acids is 1. The third-order valence-corrected chi connectivity index (χ3v) is 3.97. The first-order valence-electron chi connectivity index (χ1n) is 7.83. The number of hydrogen-bond acceptors (Lipinski definition) is 3. The quantitative estimate of drug-likeness (QED) is 0.732. The summed E-state index contributed by atoms with van der Waals surface area (Å²) in [7, 11) is 0. The molecule has 118 valence electrons. The van der Waals surface area contributed by atoms with Crippen LogP contribution < -0.4 is 0 Å². The van der Waals surface area contributed by atoms with Crippen molar-refractivity contribution in [3.63, 3.8) is 0 Å². The minimum atomic E-state index is -0.295. The highest BCUT2D eigenvalue weighted by Gasteiger charge is 2.31. The summed E-state index contributed by atoms with van der Waals surface area (Å²) >= 11 is 0. The molecule has 1 aliphatic carbocycles. The fourth-order valence-electron chi connectivity index (χ4n) is 2.72. The van der Waals surface area contributed by atoms with E-state index in [1.54, 1.807) is 0 Å². The van der Waals surface area contributed by atoms with Gasteiger partial charge in [-0.1, -0.05) is 66.7 Å². The molecule has 0 radical (unpaired) electrons. The van der Waals surface area contributed by atoms with Gasteiger partial charge in [-0.15, -0.1) is 0 Å². The summed E-state index contributed by atoms with van der Waals surface area (Å²) in [4.78, 5) is 11.2. The van der Waals surface area contributed by atoms with Crippen LogP contribution in [0.25, 0.3) is 0 Å². The van der Waals surface area contributed by atoms with E-state index in [-0.39, 0.29) is 12.2 Å². The third kappa shape index (κ3) is 4.15. The van der Waals surface area contributed by atoms with E-state index >= 15 is 0 Å². The van der Waals surface area contributed by atoms with E-state index in [1.807, 2.05) is 66.7 Å². The van der Waals surface area contributed by atoms with Gasteiger partial charge in [-0.3, -0.25) is 4.79 Å². The average Bonchev–Trinajstić information content (AvgIpc) is 3.02. The zero-order valence-corrected chi connectivity index (χ0v) is 12.9. The van der Waals surface area contributed by atoms with Crippen LogP contribution in [-0.4, -0.2) is 18.5 Å². The predicted octanol–water partition coefficient (Wildman–Crippen LogP) is 3.69. The normalized spacial score (nSPS) is 20.3. The fourth-order valence-corrected chi connectivity index (χ4v) is 2.72. The van der Waals surface area contributed by atoms with Crippen LogP contribution >= 0.6 is 0 Å². The maximum absolute atomic E-state index is 11.2. The molecule has 0 saturated carbocycles. The molecule has 0 fully saturated rings. The Morgan fingerprint density at radius 1 is 0.870 bits per heavy atom. The molecule has 23 heavy (non-hydrogen) atoms. The Balaban J connectivity index is 1.59. The van der Waals surface area contributed by atoms with E-state index in [0.29, 0.717) is 25.2 Å². The fraction of sp³-hybridized carbons (Fsp3) is 0.250. The van der Waals surface area contributed by atoms with Crippen LogP contribution in [0, 0.1) is 0 Å². The molecule has 0 N–H and O–H groups in total. The maximum atomic E-state index is 11.2. The SMILES string of the molecule is O=CC1=CCC(OCc2ccccc2)C1OCc1ccccc1. The lowest BCUT2D eigenvalue weighted by Gasteiger charge is -2.22. The van der Waals surface area contributed by atoms with Crippen molar-refractivity contribution in [3.8, 4) is 0 Å². The van der Waals surface area contributed by atoms with Crippen LogP contribution in [0.4, 0.5) is 0 Å². The van der Waals surface area contributed by atoms with Crippen molar-refractivity contribution in [2.75, 3.05) is 0 Å². The van der Waals surface area contributed by atoms with Gasteiger partial charge in [0.05, 0.1) is 19.3 Å². The largest absolute Gasteiger partial charge is 0.370 e. The molecule has 1 aliphatic rings. The molecule has 0 saturated heterocycles. The summed E-state index contributed by atoms with van der Waals surface area (Å²) in [5, 5.41) is 0. The van der Waals surface area contributed by atoms with Crippen molar-refractivity contribution in [2.45, 2.75) is 31.8 Å². The van der Waals surface area contributed by atoms with Gasteiger partial charge in [-0.2, -0.15) is 0 Å². The summed E-state index contributed by atoms with van der Waals surface area (Å²) in [5.41, 5.74) is 2.89. The van der Waals surface area contributed by atoms with Crippen LogP contribution in [0.15, 0.2) is 72.3 Å². The number of carbonyl (C=O) groups is 1. The minimum absolute atomic E-state index is 0.112. The molecule has 2 aromatic rings. The van der Waals surface area contributed by atoms with Crippen LogP contribution in [0.3, 0.4) is 0 Å². The predicted molar refractivity (Wildman–Crippen MR) is 88.8 cm³/mol. The van der Waals surface area contributed by atoms with E-state index in [1.165, 1.54) is 0 Å². The van der Waals surface area contributed by atoms with Gasteiger partial charge in [-0.05, 0) is 17.5 Å². The molecular weight excluding hydrogens is 288 g/mol. The van der Waals surface area contributed by atoms with Gasteiger partial charge in [0.15, 0.2) is 0 Å². The van der Waals surface area contributed by atoms with Crippen molar-refractivity contribution in [1.29, 1.82) is 0 Å². The lowest BCUT2D eigenvalue weighted by Crippen LogP contribution is -2.29. The Morgan fingerprint density at radius 3 is 2.00 bits per heavy atom. The van der Waals surface area contributed by atoms with Gasteiger partial charge < -0.3 is 9.47 Å². The Kier molecular flexibility index (Phi) is 5.35. The molecule has 0 heterocycles. The van der Waals surface area contributed by atoms with Crippen molar-refractivity contribution < 1.29 is 14.3 Å². The van der Waals surface area contributed by atoms with E-state index in [4.69, 9.17) is 9.47 Å². The molecule has 3 nitrogen and oxygen atoms in total. The van der Waals surface area contributed by atoms with Crippen LogP contribution in [-0.2, 0) is 27.5 Å². The number of aldehydes is 1. The Hall–Kier alpha value is -2.23. The number of ether oxygens (including phenoxy) is 2. The highest BCUT2D eigenvalue weighted by molar-refractivity contribution is 5.76. The van der Waals surface area contributed by atoms with E-state index in [0.717, 1.165) is 17.4 Å². The number of hydrogen-bond donors (Lipinski definition) is 0. The summed E-state index contributed by atoms with van der Waals surface area (Å²) in [6.45, 7) is 0.999. The molecule has 0 bridgehead atoms. The molecule has 2 unspecified atom stereocenters. The third-order valence-electron chi connectivity index (χ3n) is 3.97. The molecule has 0 amide bonds. The van der Waals surface area contributed by atoms with Gasteiger partial charge in [0.25, 0.3) is 0 Å². The van der Waals surface area contributed by atoms with Crippen LogP contribution in [0.1, 0.15) is 17.5 Å². The van der Waals surface area contributed by atoms with Crippen molar-refractivity contribution in [1.82, 2.24) is 0 Å². The molecule has 0 aliphatic heterocycles. The molecular formula is C20H20O3. The van der Waals surface area contributed by atoms with Crippen molar-refractivity contribution in [3.05, 3.63) is 83.4 Å². The first kappa shape index (κ1) is 15.7. The first-order chi connectivity index (χ1) is 11.4. The van der Waals surface area contributed by atoms with Crippen LogP contribution in [0.5, 0.6) is 0 Å².